The van der Waals surface area contributed by atoms with Crippen LogP contribution in [0.4, 0.5) is 0 Å². The van der Waals surface area contributed by atoms with Crippen LogP contribution in [0.2, 0.25) is 0 Å². The maximum absolute atomic E-state index is 12.1. The Morgan fingerprint density at radius 1 is 1.10 bits per heavy atom. The maximum Gasteiger partial charge on any atom is 0.222 e. The van der Waals surface area contributed by atoms with Gasteiger partial charge in [0.15, 0.2) is 0 Å². The number of nitrogens with one attached hydrogen (secondary N) is 1. The summed E-state index contributed by atoms with van der Waals surface area (Å²) in [6.07, 6.45) is 10.6. The highest BCUT2D eigenvalue weighted by atomic mass is 16.5. The number of hydrogen-bond acceptors (Lipinski definition) is 3. The number of aliphatic hydroxyl groups is 1. The summed E-state index contributed by atoms with van der Waals surface area (Å²) in [6.45, 7) is 3.48. The van der Waals surface area contributed by atoms with Crippen molar-refractivity contribution in [2.24, 2.45) is 0 Å². The highest BCUT2D eigenvalue weighted by Gasteiger charge is 2.36. The molecule has 1 amide bonds. The molecular formula is C17H31NO3. The van der Waals surface area contributed by atoms with Crippen LogP contribution >= 0.6 is 0 Å². The van der Waals surface area contributed by atoms with Crippen LogP contribution in [0.5, 0.6) is 0 Å². The summed E-state index contributed by atoms with van der Waals surface area (Å²) in [5, 5.41) is 13.3. The number of carbonyl (C=O) groups is 1. The predicted molar refractivity (Wildman–Crippen MR) is 83.1 cm³/mol. The van der Waals surface area contributed by atoms with Crippen molar-refractivity contribution >= 4 is 5.91 Å². The van der Waals surface area contributed by atoms with Gasteiger partial charge in [0.05, 0.1) is 17.6 Å². The van der Waals surface area contributed by atoms with Gasteiger partial charge >= 0.3 is 0 Å². The minimum Gasteiger partial charge on any atom is -0.389 e. The molecule has 0 unspecified atom stereocenters. The summed E-state index contributed by atoms with van der Waals surface area (Å²) in [4.78, 5) is 12.1. The molecule has 2 aliphatic carbocycles. The lowest BCUT2D eigenvalue weighted by atomic mass is 9.84. The lowest BCUT2D eigenvalue weighted by Gasteiger charge is -2.37. The molecule has 0 heterocycles. The molecule has 0 radical (unpaired) electrons. The van der Waals surface area contributed by atoms with Crippen molar-refractivity contribution in [2.45, 2.75) is 88.8 Å². The molecule has 2 rings (SSSR count). The fourth-order valence-electron chi connectivity index (χ4n) is 3.72. The fraction of sp³-hybridized carbons (Fsp3) is 0.941. The van der Waals surface area contributed by atoms with Crippen LogP contribution in [0.25, 0.3) is 0 Å². The number of carbonyl (C=O) groups excluding carboxylic acids is 1. The first-order valence-electron chi connectivity index (χ1n) is 8.71. The molecule has 2 saturated carbocycles. The Kier molecular flexibility index (Phi) is 6.06. The lowest BCUT2D eigenvalue weighted by Crippen LogP contribution is -2.47. The maximum atomic E-state index is 12.1. The van der Waals surface area contributed by atoms with Gasteiger partial charge < -0.3 is 15.2 Å². The molecule has 0 atom stereocenters. The zero-order valence-electron chi connectivity index (χ0n) is 13.5. The molecule has 0 aromatic rings. The van der Waals surface area contributed by atoms with Gasteiger partial charge in [0.2, 0.25) is 5.91 Å². The first kappa shape index (κ1) is 16.8. The first-order valence-corrected chi connectivity index (χ1v) is 8.71. The molecule has 0 aliphatic heterocycles. The molecule has 2 N–H and O–H groups in total. The second kappa shape index (κ2) is 7.59. The molecule has 0 saturated heterocycles. The van der Waals surface area contributed by atoms with Crippen LogP contribution in [-0.4, -0.2) is 35.4 Å². The number of ether oxygens (including phenoxy) is 1. The highest BCUT2D eigenvalue weighted by Crippen LogP contribution is 2.33. The van der Waals surface area contributed by atoms with Crippen molar-refractivity contribution in [1.82, 2.24) is 5.32 Å². The Morgan fingerprint density at radius 3 is 2.33 bits per heavy atom. The van der Waals surface area contributed by atoms with Crippen LogP contribution in [0.15, 0.2) is 0 Å². The summed E-state index contributed by atoms with van der Waals surface area (Å²) in [5.41, 5.74) is -0.920. The average Bonchev–Trinajstić information content (AvgIpc) is 2.90. The van der Waals surface area contributed by atoms with Crippen molar-refractivity contribution in [2.75, 3.05) is 13.2 Å². The zero-order valence-corrected chi connectivity index (χ0v) is 13.5. The van der Waals surface area contributed by atoms with E-state index in [0.29, 0.717) is 6.54 Å². The Bertz CT molecular complexity index is 331. The van der Waals surface area contributed by atoms with E-state index in [1.807, 2.05) is 0 Å². The number of hydrogen-bond donors (Lipinski definition) is 2. The van der Waals surface area contributed by atoms with Gasteiger partial charge in [0.25, 0.3) is 0 Å². The summed E-state index contributed by atoms with van der Waals surface area (Å²) in [7, 11) is 0. The smallest absolute Gasteiger partial charge is 0.222 e. The van der Waals surface area contributed by atoms with Gasteiger partial charge in [-0.1, -0.05) is 39.0 Å². The van der Waals surface area contributed by atoms with Crippen molar-refractivity contribution in [3.63, 3.8) is 0 Å². The van der Waals surface area contributed by atoms with E-state index in [0.717, 1.165) is 51.6 Å². The summed E-state index contributed by atoms with van der Waals surface area (Å²) < 4.78 is 6.09. The van der Waals surface area contributed by atoms with Crippen molar-refractivity contribution in [3.05, 3.63) is 0 Å². The first-order chi connectivity index (χ1) is 10.1. The van der Waals surface area contributed by atoms with E-state index < -0.39 is 5.60 Å². The molecule has 2 fully saturated rings. The van der Waals surface area contributed by atoms with Crippen molar-refractivity contribution < 1.29 is 14.6 Å². The van der Waals surface area contributed by atoms with Crippen LogP contribution < -0.4 is 5.32 Å². The van der Waals surface area contributed by atoms with Crippen LogP contribution in [0, 0.1) is 0 Å². The van der Waals surface area contributed by atoms with E-state index in [4.69, 9.17) is 4.74 Å². The number of amides is 1. The van der Waals surface area contributed by atoms with Crippen LogP contribution in [0.1, 0.15) is 77.6 Å². The molecule has 0 aromatic heterocycles. The summed E-state index contributed by atoms with van der Waals surface area (Å²) in [5.74, 6) is -0.0237. The largest absolute Gasteiger partial charge is 0.389 e. The Balaban J connectivity index is 1.81. The predicted octanol–water partition coefficient (Wildman–Crippen LogP) is 2.93. The van der Waals surface area contributed by atoms with Gasteiger partial charge in [-0.2, -0.15) is 0 Å². The highest BCUT2D eigenvalue weighted by molar-refractivity contribution is 5.77. The van der Waals surface area contributed by atoms with E-state index in [-0.39, 0.29) is 17.9 Å². The molecule has 0 spiro atoms. The van der Waals surface area contributed by atoms with Gasteiger partial charge in [-0.3, -0.25) is 4.79 Å². The third-order valence-electron chi connectivity index (χ3n) is 5.01. The number of rotatable bonds is 7. The molecule has 2 aliphatic rings. The summed E-state index contributed by atoms with van der Waals surface area (Å²) >= 11 is 0. The second-order valence-corrected chi connectivity index (χ2v) is 6.98. The summed E-state index contributed by atoms with van der Waals surface area (Å²) in [6, 6.07) is 0. The van der Waals surface area contributed by atoms with Gasteiger partial charge in [0, 0.05) is 13.2 Å². The third-order valence-corrected chi connectivity index (χ3v) is 5.01. The Morgan fingerprint density at radius 2 is 1.71 bits per heavy atom. The van der Waals surface area contributed by atoms with E-state index in [1.54, 1.807) is 0 Å². The quantitative estimate of drug-likeness (QED) is 0.759. The normalized spacial score (nSPS) is 23.9. The molecule has 4 heteroatoms. The SMILES string of the molecule is CCCOC1(CNC(=O)CC2(O)CCCC2)CCCCC1. The van der Waals surface area contributed by atoms with Crippen molar-refractivity contribution in [3.8, 4) is 0 Å². The zero-order chi connectivity index (χ0) is 15.2. The average molecular weight is 297 g/mol. The van der Waals surface area contributed by atoms with E-state index in [1.165, 1.54) is 19.3 Å². The monoisotopic (exact) mass is 297 g/mol. The molecule has 21 heavy (non-hydrogen) atoms. The van der Waals surface area contributed by atoms with Crippen LogP contribution in [0.3, 0.4) is 0 Å². The minimum absolute atomic E-state index is 0.0237. The standard InChI is InChI=1S/C17H31NO3/c1-2-12-21-17(10-4-3-5-11-17)14-18-15(19)13-16(20)8-6-7-9-16/h20H,2-14H2,1H3,(H,18,19). The molecule has 122 valence electrons. The van der Waals surface area contributed by atoms with Gasteiger partial charge in [-0.15, -0.1) is 0 Å². The third kappa shape index (κ3) is 4.96. The Labute approximate surface area is 128 Å². The molecule has 0 aromatic carbocycles. The van der Waals surface area contributed by atoms with Gasteiger partial charge in [-0.25, -0.2) is 0 Å². The van der Waals surface area contributed by atoms with E-state index >= 15 is 0 Å². The molecule has 0 bridgehead atoms. The molecule has 4 nitrogen and oxygen atoms in total. The second-order valence-electron chi connectivity index (χ2n) is 6.98. The van der Waals surface area contributed by atoms with Gasteiger partial charge in [0.1, 0.15) is 0 Å². The van der Waals surface area contributed by atoms with Crippen LogP contribution in [-0.2, 0) is 9.53 Å². The van der Waals surface area contributed by atoms with E-state index in [9.17, 15) is 9.90 Å². The van der Waals surface area contributed by atoms with Crippen molar-refractivity contribution in [1.29, 1.82) is 0 Å². The Hall–Kier alpha value is -0.610. The van der Waals surface area contributed by atoms with Gasteiger partial charge in [-0.05, 0) is 32.1 Å². The van der Waals surface area contributed by atoms with E-state index in [2.05, 4.69) is 12.2 Å². The molecular weight excluding hydrogens is 266 g/mol. The minimum atomic E-state index is -0.756. The topological polar surface area (TPSA) is 58.6 Å². The lowest BCUT2D eigenvalue weighted by molar-refractivity contribution is -0.129. The fourth-order valence-corrected chi connectivity index (χ4v) is 3.72.